The van der Waals surface area contributed by atoms with Crippen molar-refractivity contribution in [3.63, 3.8) is 0 Å². The van der Waals surface area contributed by atoms with Gasteiger partial charge in [-0.1, -0.05) is 176 Å². The standard InChI is InChI=1S/C30H52S6/c1-3-5-7-9-11-13-15-17-19-21-23-31-28-29(36-30(35-28)27-33-25-26-34-27)32-24-22-20-18-16-14-12-10-8-6-4-2/h25-26H,3-24H2,1-2H3. The minimum Gasteiger partial charge on any atom is -0.117 e. The lowest BCUT2D eigenvalue weighted by atomic mass is 10.1. The fourth-order valence-corrected chi connectivity index (χ4v) is 12.5. The average Bonchev–Trinajstić information content (AvgIpc) is 3.56. The van der Waals surface area contributed by atoms with E-state index in [2.05, 4.69) is 71.7 Å². The van der Waals surface area contributed by atoms with Crippen LogP contribution in [0.25, 0.3) is 0 Å². The molecular weight excluding hydrogens is 553 g/mol. The lowest BCUT2D eigenvalue weighted by Gasteiger charge is -2.06. The van der Waals surface area contributed by atoms with E-state index < -0.39 is 0 Å². The minimum atomic E-state index is 1.29. The van der Waals surface area contributed by atoms with E-state index >= 15 is 0 Å². The molecule has 0 unspecified atom stereocenters. The Hall–Kier alpha value is 1.32. The van der Waals surface area contributed by atoms with E-state index in [4.69, 9.17) is 0 Å². The van der Waals surface area contributed by atoms with Crippen LogP contribution in [0.5, 0.6) is 0 Å². The maximum absolute atomic E-state index is 2.30. The van der Waals surface area contributed by atoms with Crippen LogP contribution in [0.2, 0.25) is 0 Å². The summed E-state index contributed by atoms with van der Waals surface area (Å²) in [5, 5.41) is 4.47. The van der Waals surface area contributed by atoms with Gasteiger partial charge in [-0.05, 0) is 35.2 Å². The van der Waals surface area contributed by atoms with Crippen LogP contribution in [0.15, 0.2) is 27.8 Å². The Morgan fingerprint density at radius 2 is 0.778 bits per heavy atom. The quantitative estimate of drug-likeness (QED) is 0.0998. The third-order valence-corrected chi connectivity index (χ3v) is 14.9. The molecule has 2 rings (SSSR count). The minimum absolute atomic E-state index is 1.29. The Morgan fingerprint density at radius 3 is 1.14 bits per heavy atom. The van der Waals surface area contributed by atoms with Gasteiger partial charge in [0.25, 0.3) is 0 Å². The van der Waals surface area contributed by atoms with Crippen molar-refractivity contribution in [1.82, 2.24) is 0 Å². The van der Waals surface area contributed by atoms with Crippen LogP contribution in [-0.2, 0) is 0 Å². The smallest absolute Gasteiger partial charge is 0.0717 e. The summed E-state index contributed by atoms with van der Waals surface area (Å²) in [5.74, 6) is 2.59. The second-order valence-electron chi connectivity index (χ2n) is 9.92. The molecule has 208 valence electrons. The zero-order valence-corrected chi connectivity index (χ0v) is 28.1. The fraction of sp³-hybridized carbons (Fsp3) is 0.800. The van der Waals surface area contributed by atoms with Crippen molar-refractivity contribution in [3.8, 4) is 0 Å². The molecule has 2 aliphatic heterocycles. The normalized spacial score (nSPS) is 15.7. The maximum Gasteiger partial charge on any atom is 0.0717 e. The highest BCUT2D eigenvalue weighted by molar-refractivity contribution is 8.42. The molecule has 0 N–H and O–H groups in total. The van der Waals surface area contributed by atoms with Gasteiger partial charge in [-0.25, -0.2) is 0 Å². The van der Waals surface area contributed by atoms with Gasteiger partial charge in [0.05, 0.1) is 16.9 Å². The van der Waals surface area contributed by atoms with Crippen molar-refractivity contribution in [3.05, 3.63) is 27.8 Å². The zero-order chi connectivity index (χ0) is 25.5. The summed E-state index contributed by atoms with van der Waals surface area (Å²) in [7, 11) is 0. The SMILES string of the molecule is CCCCCCCCCCCCSC1=C(SCCCCCCCCCCCC)SC(=C2SC=CS2)S1. The van der Waals surface area contributed by atoms with Gasteiger partial charge in [0.15, 0.2) is 0 Å². The van der Waals surface area contributed by atoms with Crippen molar-refractivity contribution >= 4 is 70.6 Å². The van der Waals surface area contributed by atoms with E-state index in [1.165, 1.54) is 148 Å². The molecular formula is C30H52S6. The monoisotopic (exact) mass is 604 g/mol. The first-order chi connectivity index (χ1) is 17.8. The number of unbranched alkanes of at least 4 members (excludes halogenated alkanes) is 18. The van der Waals surface area contributed by atoms with Gasteiger partial charge in [0.1, 0.15) is 0 Å². The molecule has 0 radical (unpaired) electrons. The van der Waals surface area contributed by atoms with Crippen molar-refractivity contribution in [2.45, 2.75) is 142 Å². The van der Waals surface area contributed by atoms with Crippen LogP contribution >= 0.6 is 70.6 Å². The topological polar surface area (TPSA) is 0 Å². The van der Waals surface area contributed by atoms with Crippen LogP contribution in [-0.4, -0.2) is 11.5 Å². The maximum atomic E-state index is 2.30. The van der Waals surface area contributed by atoms with E-state index in [1.807, 2.05) is 23.5 Å². The number of thioether (sulfide) groups is 6. The molecule has 6 heteroatoms. The van der Waals surface area contributed by atoms with Crippen molar-refractivity contribution in [2.24, 2.45) is 0 Å². The van der Waals surface area contributed by atoms with Crippen LogP contribution < -0.4 is 0 Å². The molecule has 0 fully saturated rings. The lowest BCUT2D eigenvalue weighted by Crippen LogP contribution is -1.85. The molecule has 2 heterocycles. The van der Waals surface area contributed by atoms with Crippen molar-refractivity contribution in [2.75, 3.05) is 11.5 Å². The van der Waals surface area contributed by atoms with Gasteiger partial charge in [0.2, 0.25) is 0 Å². The third-order valence-electron chi connectivity index (χ3n) is 6.57. The van der Waals surface area contributed by atoms with Crippen LogP contribution in [0.3, 0.4) is 0 Å². The summed E-state index contributed by atoms with van der Waals surface area (Å²) in [4.78, 5) is 0. The number of hydrogen-bond acceptors (Lipinski definition) is 6. The zero-order valence-electron chi connectivity index (χ0n) is 23.2. The second kappa shape index (κ2) is 24.1. The predicted octanol–water partition coefficient (Wildman–Crippen LogP) is 14.0. The van der Waals surface area contributed by atoms with Gasteiger partial charge in [-0.15, -0.1) is 23.5 Å². The molecule has 0 saturated carbocycles. The first-order valence-corrected chi connectivity index (χ1v) is 20.3. The molecule has 0 aromatic heterocycles. The van der Waals surface area contributed by atoms with E-state index in [0.717, 1.165) is 0 Å². The summed E-state index contributed by atoms with van der Waals surface area (Å²) in [6.07, 6.45) is 28.5. The Kier molecular flexibility index (Phi) is 22.5. The van der Waals surface area contributed by atoms with E-state index in [-0.39, 0.29) is 0 Å². The average molecular weight is 605 g/mol. The van der Waals surface area contributed by atoms with Crippen LogP contribution in [0, 0.1) is 0 Å². The molecule has 0 atom stereocenters. The van der Waals surface area contributed by atoms with Gasteiger partial charge in [-0.3, -0.25) is 0 Å². The van der Waals surface area contributed by atoms with Crippen molar-refractivity contribution < 1.29 is 0 Å². The Balaban J connectivity index is 1.57. The lowest BCUT2D eigenvalue weighted by molar-refractivity contribution is 0.563. The molecule has 0 bridgehead atoms. The second-order valence-corrected chi connectivity index (χ2v) is 17.0. The highest BCUT2D eigenvalue weighted by Crippen LogP contribution is 2.61. The Morgan fingerprint density at radius 1 is 0.444 bits per heavy atom. The van der Waals surface area contributed by atoms with E-state index in [9.17, 15) is 0 Å². The van der Waals surface area contributed by atoms with Gasteiger partial charge in [0, 0.05) is 0 Å². The Bertz CT molecular complexity index is 589. The summed E-state index contributed by atoms with van der Waals surface area (Å²) in [5.41, 5.74) is 0. The van der Waals surface area contributed by atoms with Crippen molar-refractivity contribution in [1.29, 1.82) is 0 Å². The summed E-state index contributed by atoms with van der Waals surface area (Å²) < 4.78 is 6.23. The van der Waals surface area contributed by atoms with E-state index in [0.29, 0.717) is 0 Å². The van der Waals surface area contributed by atoms with Gasteiger partial charge in [-0.2, -0.15) is 0 Å². The molecule has 0 spiro atoms. The largest absolute Gasteiger partial charge is 0.117 e. The molecule has 0 saturated heterocycles. The number of hydrogen-bond donors (Lipinski definition) is 0. The molecule has 0 nitrogen and oxygen atoms in total. The molecule has 0 aromatic rings. The predicted molar refractivity (Wildman–Crippen MR) is 182 cm³/mol. The highest BCUT2D eigenvalue weighted by Gasteiger charge is 2.25. The molecule has 2 aliphatic rings. The number of rotatable bonds is 24. The molecule has 0 amide bonds. The first kappa shape index (κ1) is 33.5. The summed E-state index contributed by atoms with van der Waals surface area (Å²) >= 11 is 12.2. The van der Waals surface area contributed by atoms with Gasteiger partial charge >= 0.3 is 0 Å². The first-order valence-electron chi connectivity index (χ1n) is 14.9. The summed E-state index contributed by atoms with van der Waals surface area (Å²) in [6.45, 7) is 4.61. The summed E-state index contributed by atoms with van der Waals surface area (Å²) in [6, 6.07) is 0. The molecule has 0 aliphatic carbocycles. The third kappa shape index (κ3) is 16.4. The van der Waals surface area contributed by atoms with Crippen LogP contribution in [0.1, 0.15) is 142 Å². The van der Waals surface area contributed by atoms with Gasteiger partial charge < -0.3 is 0 Å². The highest BCUT2D eigenvalue weighted by atomic mass is 32.3. The fourth-order valence-electron chi connectivity index (χ4n) is 4.34. The van der Waals surface area contributed by atoms with Crippen LogP contribution in [0.4, 0.5) is 0 Å². The Labute approximate surface area is 250 Å². The van der Waals surface area contributed by atoms with E-state index in [1.54, 1.807) is 8.47 Å². The molecule has 36 heavy (non-hydrogen) atoms. The molecule has 0 aromatic carbocycles.